The number of aryl methyl sites for hydroxylation is 4. The largest absolute Gasteiger partial charge is 0.409 e. The number of nitrogens with zero attached hydrogens (tertiary/aromatic N) is 7. The van der Waals surface area contributed by atoms with Gasteiger partial charge in [-0.1, -0.05) is 12.6 Å². The number of rotatable bonds is 10. The first kappa shape index (κ1) is 44.5. The minimum Gasteiger partial charge on any atom is -0.409 e. The second kappa shape index (κ2) is 20.8. The van der Waals surface area contributed by atoms with Crippen LogP contribution in [0.25, 0.3) is 17.1 Å². The summed E-state index contributed by atoms with van der Waals surface area (Å²) in [7, 11) is 6.91. The van der Waals surface area contributed by atoms with Crippen molar-refractivity contribution in [1.29, 1.82) is 0 Å². The molecule has 3 N–H and O–H groups in total. The molecule has 0 unspecified atom stereocenters. The van der Waals surface area contributed by atoms with Gasteiger partial charge in [-0.15, -0.1) is 0 Å². The third-order valence-corrected chi connectivity index (χ3v) is 9.85. The SMILES string of the molecule is C.C/C=C(\C=C(/C)c1nc(-c2c(C)c(C)nn2C)no1)[C](=[W])OC.C=C(/C=C(\C)C(C)=O)[C](=[W])OC.Cc1nn(C)c(/C(N)=N/O)c1C. The van der Waals surface area contributed by atoms with Crippen LogP contribution in [-0.2, 0) is 67.1 Å². The van der Waals surface area contributed by atoms with Crippen molar-refractivity contribution in [3.63, 3.8) is 0 Å². The van der Waals surface area contributed by atoms with Crippen LogP contribution in [0.5, 0.6) is 0 Å². The molecule has 0 saturated carbocycles. The van der Waals surface area contributed by atoms with E-state index in [1.165, 1.54) is 45.6 Å². The molecule has 0 amide bonds. The Bertz CT molecular complexity index is 1760. The Morgan fingerprint density at radius 2 is 1.52 bits per heavy atom. The van der Waals surface area contributed by atoms with Crippen LogP contribution in [0.2, 0.25) is 0 Å². The minimum atomic E-state index is 0. The van der Waals surface area contributed by atoms with Crippen LogP contribution in [0.4, 0.5) is 0 Å². The average Bonchev–Trinajstić information content (AvgIpc) is 3.69. The van der Waals surface area contributed by atoms with Gasteiger partial charge in [-0.25, -0.2) is 0 Å². The molecule has 0 saturated heterocycles. The number of ketones is 1. The molecule has 3 rings (SSSR count). The number of methoxy groups -OCH3 is 2. The van der Waals surface area contributed by atoms with Crippen LogP contribution in [0.3, 0.4) is 0 Å². The Kier molecular flexibility index (Phi) is 19.3. The number of carbonyl (C=O) groups is 1. The molecule has 0 radical (unpaired) electrons. The van der Waals surface area contributed by atoms with Crippen LogP contribution < -0.4 is 5.73 Å². The third-order valence-electron chi connectivity index (χ3n) is 6.87. The number of ether oxygens (including phenoxy) is 2. The first-order valence-corrected chi connectivity index (χ1v) is 17.1. The predicted molar refractivity (Wildman–Crippen MR) is 183 cm³/mol. The summed E-state index contributed by atoms with van der Waals surface area (Å²) in [6, 6.07) is 0. The monoisotopic (exact) mass is 1000 g/mol. The number of aromatic nitrogens is 6. The zero-order valence-corrected chi connectivity index (χ0v) is 34.9. The van der Waals surface area contributed by atoms with Gasteiger partial charge in [0.25, 0.3) is 0 Å². The Balaban J connectivity index is 0.000000751. The van der Waals surface area contributed by atoms with Crippen molar-refractivity contribution in [2.24, 2.45) is 25.0 Å². The second-order valence-corrected chi connectivity index (χ2v) is 12.9. The number of nitrogens with two attached hydrogens (primary N) is 1. The fraction of sp³-hybridized carbons (Fsp3) is 0.394. The number of allylic oxidation sites excluding steroid dienone is 3. The number of Topliss-reactive ketones (excluding diaryl/α,β-unsaturated/α-hetero) is 1. The van der Waals surface area contributed by atoms with Crippen LogP contribution >= 0.6 is 0 Å². The standard InChI is InChI=1S/C16H20N4O2.C9H12O2.C7H12N4O.CH4.2W/c1-7-13(9-21-6)8-10(2)16-17-15(19-22-16)14-11(3)12(4)18-20(14)5;1-7(6-11-4)5-8(2)9(3)10;1-4-5(2)9-11(3)6(4)7(8)10-12;;;/h7-8H,1-6H3;5H,1H2,2-4H3;12H,1-3H3,(H2,8,10);1H4;;/b10-8+,13-7+;8-5+;;;;. The van der Waals surface area contributed by atoms with Crippen LogP contribution in [0, 0.1) is 27.7 Å². The molecule has 0 aliphatic carbocycles. The van der Waals surface area contributed by atoms with Crippen molar-refractivity contribution >= 4 is 25.4 Å². The number of hydrogen-bond acceptors (Lipinski definition) is 10. The molecule has 3 aromatic heterocycles. The van der Waals surface area contributed by atoms with Crippen molar-refractivity contribution < 1.29 is 62.7 Å². The number of oxime groups is 1. The molecule has 0 fully saturated rings. The molecule has 0 aromatic carbocycles. The molecule has 3 heterocycles. The normalized spacial score (nSPS) is 11.9. The van der Waals surface area contributed by atoms with Gasteiger partial charge in [-0.05, 0) is 13.8 Å². The summed E-state index contributed by atoms with van der Waals surface area (Å²) in [5.74, 6) is 1.20. The summed E-state index contributed by atoms with van der Waals surface area (Å²) in [6.45, 7) is 18.7. The molecular weight excluding hydrogens is 956 g/mol. The van der Waals surface area contributed by atoms with E-state index >= 15 is 0 Å². The molecule has 0 bridgehead atoms. The zero-order chi connectivity index (χ0) is 36.2. The van der Waals surface area contributed by atoms with Crippen LogP contribution in [0.1, 0.15) is 69.2 Å². The van der Waals surface area contributed by atoms with Gasteiger partial charge < -0.3 is 10.9 Å². The second-order valence-electron chi connectivity index (χ2n) is 10.2. The molecule has 0 aliphatic rings. The van der Waals surface area contributed by atoms with Crippen molar-refractivity contribution in [2.45, 2.75) is 62.8 Å². The summed E-state index contributed by atoms with van der Waals surface area (Å²) in [6.07, 6.45) is 5.74. The fourth-order valence-corrected chi connectivity index (χ4v) is 4.80. The van der Waals surface area contributed by atoms with E-state index < -0.39 is 0 Å². The quantitative estimate of drug-likeness (QED) is 0.0711. The summed E-state index contributed by atoms with van der Waals surface area (Å²) >= 11 is 2.48. The molecule has 48 heavy (non-hydrogen) atoms. The molecule has 13 nitrogen and oxygen atoms in total. The van der Waals surface area contributed by atoms with Gasteiger partial charge in [0.1, 0.15) is 5.69 Å². The Morgan fingerprint density at radius 3 is 1.94 bits per heavy atom. The van der Waals surface area contributed by atoms with E-state index in [-0.39, 0.29) is 19.0 Å². The molecule has 0 aliphatic heterocycles. The van der Waals surface area contributed by atoms with Crippen LogP contribution in [-0.4, -0.2) is 68.9 Å². The maximum Gasteiger partial charge on any atom is 0.188 e. The maximum absolute atomic E-state index is 10.8. The fourth-order valence-electron chi connectivity index (χ4n) is 3.95. The molecular formula is C33H48N8O5W2. The van der Waals surface area contributed by atoms with Crippen molar-refractivity contribution in [1.82, 2.24) is 29.7 Å². The van der Waals surface area contributed by atoms with Crippen LogP contribution in [0.15, 0.2) is 51.2 Å². The molecule has 0 spiro atoms. The van der Waals surface area contributed by atoms with Gasteiger partial charge in [-0.3, -0.25) is 4.68 Å². The zero-order valence-electron chi connectivity index (χ0n) is 29.0. The van der Waals surface area contributed by atoms with Crippen molar-refractivity contribution in [2.75, 3.05) is 14.2 Å². The summed E-state index contributed by atoms with van der Waals surface area (Å²) < 4.78 is 20.8. The summed E-state index contributed by atoms with van der Waals surface area (Å²) in [4.78, 5) is 15.3. The number of hydrogen-bond donors (Lipinski definition) is 2. The first-order valence-electron chi connectivity index (χ1n) is 14.2. The van der Waals surface area contributed by atoms with E-state index in [2.05, 4.69) is 32.1 Å². The van der Waals surface area contributed by atoms with Gasteiger partial charge in [0.05, 0.1) is 5.69 Å². The molecule has 262 valence electrons. The Morgan fingerprint density at radius 1 is 0.979 bits per heavy atom. The first-order chi connectivity index (χ1) is 21.9. The molecule has 0 atom stereocenters. The van der Waals surface area contributed by atoms with Gasteiger partial charge in [0.2, 0.25) is 0 Å². The van der Waals surface area contributed by atoms with Crippen molar-refractivity contribution in [3.05, 3.63) is 75.6 Å². The van der Waals surface area contributed by atoms with Gasteiger partial charge in [-0.2, -0.15) is 5.10 Å². The van der Waals surface area contributed by atoms with E-state index in [1.54, 1.807) is 43.6 Å². The third kappa shape index (κ3) is 12.2. The Hall–Kier alpha value is -3.50. The van der Waals surface area contributed by atoms with E-state index in [0.717, 1.165) is 53.1 Å². The smallest absolute Gasteiger partial charge is 0.188 e. The van der Waals surface area contributed by atoms with Gasteiger partial charge >= 0.3 is 230 Å². The van der Waals surface area contributed by atoms with E-state index in [4.69, 9.17) is 24.9 Å². The Labute approximate surface area is 305 Å². The number of amidine groups is 1. The molecule has 15 heteroatoms. The number of carbonyl (C=O) groups excluding carboxylic acids is 1. The van der Waals surface area contributed by atoms with Crippen molar-refractivity contribution in [3.8, 4) is 11.5 Å². The summed E-state index contributed by atoms with van der Waals surface area (Å²) in [5.41, 5.74) is 14.2. The van der Waals surface area contributed by atoms with Gasteiger partial charge in [0, 0.05) is 12.6 Å². The topological polar surface area (TPSA) is 169 Å². The molecule has 3 aromatic rings. The minimum absolute atomic E-state index is 0. The van der Waals surface area contributed by atoms with Gasteiger partial charge in [0.15, 0.2) is 5.84 Å². The summed E-state index contributed by atoms with van der Waals surface area (Å²) in [5, 5.41) is 24.0. The van der Waals surface area contributed by atoms with E-state index in [0.29, 0.717) is 23.0 Å². The van der Waals surface area contributed by atoms with E-state index in [1.807, 2.05) is 60.7 Å². The maximum atomic E-state index is 10.8. The average molecular weight is 1000 g/mol. The predicted octanol–water partition coefficient (Wildman–Crippen LogP) is 4.93. The van der Waals surface area contributed by atoms with E-state index in [9.17, 15) is 4.79 Å².